The third kappa shape index (κ3) is 3.04. The molecule has 0 atom stereocenters. The fourth-order valence-corrected chi connectivity index (χ4v) is 1.59. The van der Waals surface area contributed by atoms with Gasteiger partial charge in [-0.05, 0) is 36.8 Å². The number of aryl methyl sites for hydroxylation is 1. The highest BCUT2D eigenvalue weighted by molar-refractivity contribution is 9.10. The van der Waals surface area contributed by atoms with Gasteiger partial charge in [0.15, 0.2) is 0 Å². The second-order valence-corrected chi connectivity index (χ2v) is 4.56. The Morgan fingerprint density at radius 2 is 1.56 bits per heavy atom. The van der Waals surface area contributed by atoms with Gasteiger partial charge < -0.3 is 0 Å². The maximum Gasteiger partial charge on any atom is 0.0630 e. The van der Waals surface area contributed by atoms with Crippen molar-refractivity contribution in [1.29, 1.82) is 0 Å². The summed E-state index contributed by atoms with van der Waals surface area (Å²) in [5.74, 6) is 0. The van der Waals surface area contributed by atoms with Gasteiger partial charge in [0.05, 0.1) is 5.69 Å². The van der Waals surface area contributed by atoms with Crippen molar-refractivity contribution in [2.45, 2.75) is 6.92 Å². The number of hydrogen-bond donors (Lipinski definition) is 0. The zero-order valence-corrected chi connectivity index (χ0v) is 10.6. The predicted molar refractivity (Wildman–Crippen MR) is 72.6 cm³/mol. The average Bonchev–Trinajstić information content (AvgIpc) is 2.30. The Balaban J connectivity index is 2.15. The van der Waals surface area contributed by atoms with E-state index in [4.69, 9.17) is 0 Å². The van der Waals surface area contributed by atoms with Crippen molar-refractivity contribution >= 4 is 27.8 Å². The van der Waals surface area contributed by atoms with Crippen LogP contribution < -0.4 is 0 Å². The molecular weight excluding hydrogens is 262 g/mol. The fourth-order valence-electron chi connectivity index (χ4n) is 1.33. The summed E-state index contributed by atoms with van der Waals surface area (Å²) in [4.78, 5) is 4.40. The summed E-state index contributed by atoms with van der Waals surface area (Å²) in [6, 6.07) is 16.2. The van der Waals surface area contributed by atoms with Gasteiger partial charge in [-0.2, -0.15) is 0 Å². The van der Waals surface area contributed by atoms with Crippen LogP contribution in [-0.4, -0.2) is 6.21 Å². The van der Waals surface area contributed by atoms with Crippen molar-refractivity contribution in [3.63, 3.8) is 0 Å². The van der Waals surface area contributed by atoms with E-state index in [2.05, 4.69) is 52.1 Å². The summed E-state index contributed by atoms with van der Waals surface area (Å²) in [5.41, 5.74) is 3.35. The lowest BCUT2D eigenvalue weighted by molar-refractivity contribution is 1.46. The van der Waals surface area contributed by atoms with Crippen LogP contribution in [-0.2, 0) is 0 Å². The molecule has 2 rings (SSSR count). The maximum atomic E-state index is 4.40. The zero-order chi connectivity index (χ0) is 11.4. The van der Waals surface area contributed by atoms with Crippen molar-refractivity contribution in [2.75, 3.05) is 0 Å². The van der Waals surface area contributed by atoms with Gasteiger partial charge in [-0.1, -0.05) is 45.8 Å². The van der Waals surface area contributed by atoms with Gasteiger partial charge in [0.1, 0.15) is 0 Å². The van der Waals surface area contributed by atoms with E-state index < -0.39 is 0 Å². The van der Waals surface area contributed by atoms with Gasteiger partial charge in [-0.15, -0.1) is 0 Å². The Kier molecular flexibility index (Phi) is 3.52. The van der Waals surface area contributed by atoms with E-state index in [1.807, 2.05) is 30.5 Å². The highest BCUT2D eigenvalue weighted by atomic mass is 79.9. The predicted octanol–water partition coefficient (Wildman–Crippen LogP) is 4.51. The third-order valence-corrected chi connectivity index (χ3v) is 2.80. The lowest BCUT2D eigenvalue weighted by Crippen LogP contribution is -1.80. The minimum Gasteiger partial charge on any atom is -0.256 e. The molecule has 0 radical (unpaired) electrons. The summed E-state index contributed by atoms with van der Waals surface area (Å²) >= 11 is 3.40. The molecule has 0 aliphatic heterocycles. The van der Waals surface area contributed by atoms with E-state index in [0.29, 0.717) is 0 Å². The Labute approximate surface area is 104 Å². The van der Waals surface area contributed by atoms with Crippen LogP contribution in [0.25, 0.3) is 0 Å². The van der Waals surface area contributed by atoms with E-state index in [9.17, 15) is 0 Å². The highest BCUT2D eigenvalue weighted by Gasteiger charge is 1.90. The van der Waals surface area contributed by atoms with Gasteiger partial charge in [-0.25, -0.2) is 0 Å². The molecule has 0 heterocycles. The molecule has 1 nitrogen and oxygen atoms in total. The van der Waals surface area contributed by atoms with E-state index >= 15 is 0 Å². The molecule has 0 saturated carbocycles. The zero-order valence-electron chi connectivity index (χ0n) is 9.02. The normalized spacial score (nSPS) is 10.9. The highest BCUT2D eigenvalue weighted by Crippen LogP contribution is 2.16. The first kappa shape index (κ1) is 11.1. The minimum atomic E-state index is 0.962. The standard InChI is InChI=1S/C14H12BrN/c1-11-2-4-12(5-3-11)10-16-14-8-6-13(15)7-9-14/h2-10H,1H3. The van der Waals surface area contributed by atoms with Gasteiger partial charge >= 0.3 is 0 Å². The minimum absolute atomic E-state index is 0.962. The molecule has 0 amide bonds. The maximum absolute atomic E-state index is 4.40. The molecule has 80 valence electrons. The van der Waals surface area contributed by atoms with Crippen LogP contribution in [0.3, 0.4) is 0 Å². The van der Waals surface area contributed by atoms with Crippen molar-refractivity contribution in [3.8, 4) is 0 Å². The van der Waals surface area contributed by atoms with Crippen LogP contribution in [0, 0.1) is 6.92 Å². The van der Waals surface area contributed by atoms with Gasteiger partial charge in [0, 0.05) is 10.7 Å². The Bertz CT molecular complexity index is 436. The smallest absolute Gasteiger partial charge is 0.0630 e. The van der Waals surface area contributed by atoms with E-state index in [0.717, 1.165) is 15.7 Å². The SMILES string of the molecule is Cc1ccc(C=Nc2ccc(Br)cc2)cc1. The van der Waals surface area contributed by atoms with Crippen LogP contribution >= 0.6 is 15.9 Å². The largest absolute Gasteiger partial charge is 0.256 e. The van der Waals surface area contributed by atoms with Crippen molar-refractivity contribution in [2.24, 2.45) is 4.99 Å². The summed E-state index contributed by atoms with van der Waals surface area (Å²) in [7, 11) is 0. The van der Waals surface area contributed by atoms with E-state index in [1.165, 1.54) is 5.56 Å². The summed E-state index contributed by atoms with van der Waals surface area (Å²) in [5, 5.41) is 0. The second-order valence-electron chi connectivity index (χ2n) is 3.65. The number of nitrogens with zero attached hydrogens (tertiary/aromatic N) is 1. The van der Waals surface area contributed by atoms with Crippen molar-refractivity contribution in [3.05, 3.63) is 64.1 Å². The molecule has 0 N–H and O–H groups in total. The van der Waals surface area contributed by atoms with E-state index in [1.54, 1.807) is 0 Å². The summed E-state index contributed by atoms with van der Waals surface area (Å²) in [6.45, 7) is 2.08. The fraction of sp³-hybridized carbons (Fsp3) is 0.0714. The number of halogens is 1. The molecule has 0 saturated heterocycles. The van der Waals surface area contributed by atoms with Crippen LogP contribution in [0.15, 0.2) is 58.0 Å². The average molecular weight is 274 g/mol. The first-order chi connectivity index (χ1) is 7.74. The molecule has 2 aromatic rings. The molecule has 0 aromatic heterocycles. The van der Waals surface area contributed by atoms with Crippen LogP contribution in [0.5, 0.6) is 0 Å². The van der Waals surface area contributed by atoms with Crippen LogP contribution in [0.2, 0.25) is 0 Å². The molecule has 0 aliphatic carbocycles. The van der Waals surface area contributed by atoms with Crippen molar-refractivity contribution < 1.29 is 0 Å². The molecule has 0 unspecified atom stereocenters. The Morgan fingerprint density at radius 3 is 2.19 bits per heavy atom. The second kappa shape index (κ2) is 5.08. The van der Waals surface area contributed by atoms with E-state index in [-0.39, 0.29) is 0 Å². The topological polar surface area (TPSA) is 12.4 Å². The van der Waals surface area contributed by atoms with Gasteiger partial charge in [0.2, 0.25) is 0 Å². The number of rotatable bonds is 2. The third-order valence-electron chi connectivity index (χ3n) is 2.27. The molecule has 16 heavy (non-hydrogen) atoms. The first-order valence-corrected chi connectivity index (χ1v) is 5.90. The Hall–Kier alpha value is -1.41. The lowest BCUT2D eigenvalue weighted by Gasteiger charge is -1.95. The monoisotopic (exact) mass is 273 g/mol. The molecule has 0 bridgehead atoms. The number of hydrogen-bond acceptors (Lipinski definition) is 1. The molecule has 0 aliphatic rings. The number of aliphatic imine (C=N–C) groups is 1. The molecular formula is C14H12BrN. The quantitative estimate of drug-likeness (QED) is 0.714. The Morgan fingerprint density at radius 1 is 0.938 bits per heavy atom. The summed E-state index contributed by atoms with van der Waals surface area (Å²) in [6.07, 6.45) is 1.88. The van der Waals surface area contributed by atoms with Crippen LogP contribution in [0.4, 0.5) is 5.69 Å². The molecule has 0 spiro atoms. The van der Waals surface area contributed by atoms with Gasteiger partial charge in [-0.3, -0.25) is 4.99 Å². The molecule has 2 heteroatoms. The molecule has 2 aromatic carbocycles. The summed E-state index contributed by atoms with van der Waals surface area (Å²) < 4.78 is 1.07. The van der Waals surface area contributed by atoms with Gasteiger partial charge in [0.25, 0.3) is 0 Å². The van der Waals surface area contributed by atoms with Crippen LogP contribution in [0.1, 0.15) is 11.1 Å². The first-order valence-electron chi connectivity index (χ1n) is 5.10. The molecule has 0 fully saturated rings. The lowest BCUT2D eigenvalue weighted by atomic mass is 10.2. The number of benzene rings is 2. The van der Waals surface area contributed by atoms with Crippen molar-refractivity contribution in [1.82, 2.24) is 0 Å².